The molecule has 1 unspecified atom stereocenters. The summed E-state index contributed by atoms with van der Waals surface area (Å²) in [5.41, 5.74) is 0.662. The first-order valence-electron chi connectivity index (χ1n) is 6.66. The van der Waals surface area contributed by atoms with Gasteiger partial charge in [-0.2, -0.15) is 0 Å². The maximum atomic E-state index is 12.2. The van der Waals surface area contributed by atoms with Crippen molar-refractivity contribution in [1.29, 1.82) is 0 Å². The highest BCUT2D eigenvalue weighted by Gasteiger charge is 2.34. The van der Waals surface area contributed by atoms with E-state index in [2.05, 4.69) is 5.32 Å². The fourth-order valence-electron chi connectivity index (χ4n) is 2.24. The molecule has 1 aliphatic carbocycles. The van der Waals surface area contributed by atoms with Gasteiger partial charge < -0.3 is 10.4 Å². The maximum absolute atomic E-state index is 12.2. The maximum Gasteiger partial charge on any atom is 0.305 e. The van der Waals surface area contributed by atoms with Gasteiger partial charge in [0.2, 0.25) is 0 Å². The Morgan fingerprint density at radius 3 is 2.67 bits per heavy atom. The average molecular weight is 292 g/mol. The molecule has 1 aliphatic rings. The zero-order chi connectivity index (χ0) is 15.6. The minimum absolute atomic E-state index is 0.135. The lowest BCUT2D eigenvalue weighted by atomic mass is 10.0. The monoisotopic (exact) mass is 292 g/mol. The zero-order valence-electron chi connectivity index (χ0n) is 11.5. The topological polar surface area (TPSA) is 110 Å². The molecule has 1 aromatic rings. The summed E-state index contributed by atoms with van der Waals surface area (Å²) in [5, 5.41) is 22.3. The van der Waals surface area contributed by atoms with Gasteiger partial charge in [0.05, 0.1) is 11.3 Å². The predicted molar refractivity (Wildman–Crippen MR) is 74.1 cm³/mol. The quantitative estimate of drug-likeness (QED) is 0.614. The Bertz CT molecular complexity index is 595. The van der Waals surface area contributed by atoms with E-state index in [1.165, 1.54) is 18.2 Å². The molecule has 0 heterocycles. The molecule has 2 N–H and O–H groups in total. The van der Waals surface area contributed by atoms with Crippen LogP contribution in [0.1, 0.15) is 35.2 Å². The number of carboxylic acids is 1. The van der Waals surface area contributed by atoms with Crippen LogP contribution in [0.2, 0.25) is 0 Å². The number of nitrogens with one attached hydrogen (secondary N) is 1. The van der Waals surface area contributed by atoms with Crippen molar-refractivity contribution in [2.24, 2.45) is 5.92 Å². The van der Waals surface area contributed by atoms with Crippen LogP contribution >= 0.6 is 0 Å². The average Bonchev–Trinajstić information content (AvgIpc) is 3.21. The number of carboxylic acid groups (broad SMARTS) is 1. The number of carbonyl (C=O) groups is 2. The van der Waals surface area contributed by atoms with Gasteiger partial charge in [0.25, 0.3) is 11.6 Å². The Kier molecular flexibility index (Phi) is 4.21. The summed E-state index contributed by atoms with van der Waals surface area (Å²) in [5.74, 6) is -1.25. The van der Waals surface area contributed by atoms with Gasteiger partial charge in [0.1, 0.15) is 0 Å². The van der Waals surface area contributed by atoms with Gasteiger partial charge in [-0.3, -0.25) is 19.7 Å². The van der Waals surface area contributed by atoms with E-state index in [-0.39, 0.29) is 23.6 Å². The molecule has 21 heavy (non-hydrogen) atoms. The van der Waals surface area contributed by atoms with Crippen molar-refractivity contribution >= 4 is 17.6 Å². The number of nitro groups is 1. The minimum Gasteiger partial charge on any atom is -0.481 e. The first kappa shape index (κ1) is 15.0. The van der Waals surface area contributed by atoms with Crippen molar-refractivity contribution in [3.63, 3.8) is 0 Å². The molecule has 0 spiro atoms. The fraction of sp³-hybridized carbons (Fsp3) is 0.429. The molecule has 1 aromatic carbocycles. The molecule has 1 saturated carbocycles. The molecule has 1 amide bonds. The highest BCUT2D eigenvalue weighted by atomic mass is 16.6. The summed E-state index contributed by atoms with van der Waals surface area (Å²) < 4.78 is 0. The smallest absolute Gasteiger partial charge is 0.305 e. The lowest BCUT2D eigenvalue weighted by Crippen LogP contribution is -2.38. The van der Waals surface area contributed by atoms with Crippen LogP contribution in [0.3, 0.4) is 0 Å². The standard InChI is InChI=1S/C14H16N2O5/c1-8-2-5-10(16(20)21)6-11(8)14(19)15-12(7-13(17)18)9-3-4-9/h2,5-6,9,12H,3-4,7H2,1H3,(H,15,19)(H,17,18). The molecular weight excluding hydrogens is 276 g/mol. The van der Waals surface area contributed by atoms with E-state index in [0.717, 1.165) is 12.8 Å². The van der Waals surface area contributed by atoms with E-state index < -0.39 is 22.8 Å². The molecule has 0 radical (unpaired) electrons. The molecule has 7 heteroatoms. The number of hydrogen-bond donors (Lipinski definition) is 2. The lowest BCUT2D eigenvalue weighted by molar-refractivity contribution is -0.384. The van der Waals surface area contributed by atoms with Crippen LogP contribution in [0.25, 0.3) is 0 Å². The zero-order valence-corrected chi connectivity index (χ0v) is 11.5. The normalized spacial score (nSPS) is 15.3. The molecule has 1 atom stereocenters. The van der Waals surface area contributed by atoms with Gasteiger partial charge in [-0.1, -0.05) is 6.07 Å². The van der Waals surface area contributed by atoms with Crippen LogP contribution in [0.4, 0.5) is 5.69 Å². The van der Waals surface area contributed by atoms with Gasteiger partial charge in [0.15, 0.2) is 0 Å². The number of carbonyl (C=O) groups excluding carboxylic acids is 1. The first-order valence-corrected chi connectivity index (χ1v) is 6.66. The largest absolute Gasteiger partial charge is 0.481 e. The van der Waals surface area contributed by atoms with Crippen molar-refractivity contribution in [2.45, 2.75) is 32.2 Å². The Hall–Kier alpha value is -2.44. The van der Waals surface area contributed by atoms with Crippen LogP contribution < -0.4 is 5.32 Å². The molecule has 112 valence electrons. The molecule has 7 nitrogen and oxygen atoms in total. The fourth-order valence-corrected chi connectivity index (χ4v) is 2.24. The number of nitro benzene ring substituents is 1. The summed E-state index contributed by atoms with van der Waals surface area (Å²) in [6.45, 7) is 1.68. The second-order valence-corrected chi connectivity index (χ2v) is 5.27. The minimum atomic E-state index is -0.969. The third-order valence-electron chi connectivity index (χ3n) is 3.58. The Labute approximate surface area is 121 Å². The Balaban J connectivity index is 2.16. The number of benzene rings is 1. The summed E-state index contributed by atoms with van der Waals surface area (Å²) >= 11 is 0. The molecule has 0 saturated heterocycles. The summed E-state index contributed by atoms with van der Waals surface area (Å²) in [7, 11) is 0. The van der Waals surface area contributed by atoms with Crippen LogP contribution in [-0.2, 0) is 4.79 Å². The Morgan fingerprint density at radius 2 is 2.14 bits per heavy atom. The molecule has 0 aliphatic heterocycles. The molecule has 0 bridgehead atoms. The number of non-ortho nitro benzene ring substituents is 1. The summed E-state index contributed by atoms with van der Waals surface area (Å²) in [4.78, 5) is 33.3. The summed E-state index contributed by atoms with van der Waals surface area (Å²) in [6.07, 6.45) is 1.66. The number of aryl methyl sites for hydroxylation is 1. The molecular formula is C14H16N2O5. The lowest BCUT2D eigenvalue weighted by Gasteiger charge is -2.17. The van der Waals surface area contributed by atoms with Crippen LogP contribution in [0.15, 0.2) is 18.2 Å². The van der Waals surface area contributed by atoms with E-state index in [9.17, 15) is 19.7 Å². The van der Waals surface area contributed by atoms with Gasteiger partial charge in [-0.25, -0.2) is 0 Å². The van der Waals surface area contributed by atoms with E-state index in [0.29, 0.717) is 5.56 Å². The van der Waals surface area contributed by atoms with Crippen molar-refractivity contribution in [2.75, 3.05) is 0 Å². The number of aliphatic carboxylic acids is 1. The van der Waals surface area contributed by atoms with E-state index >= 15 is 0 Å². The van der Waals surface area contributed by atoms with Gasteiger partial charge in [-0.05, 0) is 31.2 Å². The van der Waals surface area contributed by atoms with Crippen LogP contribution in [0, 0.1) is 23.0 Å². The van der Waals surface area contributed by atoms with E-state index in [1.54, 1.807) is 6.92 Å². The third kappa shape index (κ3) is 3.77. The third-order valence-corrected chi connectivity index (χ3v) is 3.58. The highest BCUT2D eigenvalue weighted by Crippen LogP contribution is 2.34. The van der Waals surface area contributed by atoms with Gasteiger partial charge in [0, 0.05) is 23.7 Å². The number of nitrogens with zero attached hydrogens (tertiary/aromatic N) is 1. The number of rotatable bonds is 6. The second kappa shape index (κ2) is 5.90. The highest BCUT2D eigenvalue weighted by molar-refractivity contribution is 5.96. The summed E-state index contributed by atoms with van der Waals surface area (Å²) in [6, 6.07) is 3.64. The number of amides is 1. The van der Waals surface area contributed by atoms with E-state index in [1.807, 2.05) is 0 Å². The first-order chi connectivity index (χ1) is 9.88. The van der Waals surface area contributed by atoms with Crippen molar-refractivity contribution in [3.8, 4) is 0 Å². The van der Waals surface area contributed by atoms with Crippen molar-refractivity contribution in [1.82, 2.24) is 5.32 Å². The van der Waals surface area contributed by atoms with Crippen molar-refractivity contribution in [3.05, 3.63) is 39.4 Å². The Morgan fingerprint density at radius 1 is 1.48 bits per heavy atom. The molecule has 0 aromatic heterocycles. The van der Waals surface area contributed by atoms with Gasteiger partial charge in [-0.15, -0.1) is 0 Å². The van der Waals surface area contributed by atoms with Crippen LogP contribution in [-0.4, -0.2) is 27.9 Å². The predicted octanol–water partition coefficient (Wildman–Crippen LogP) is 1.89. The van der Waals surface area contributed by atoms with Gasteiger partial charge >= 0.3 is 5.97 Å². The molecule has 1 fully saturated rings. The molecule has 2 rings (SSSR count). The van der Waals surface area contributed by atoms with E-state index in [4.69, 9.17) is 5.11 Å². The van der Waals surface area contributed by atoms with Crippen molar-refractivity contribution < 1.29 is 19.6 Å². The SMILES string of the molecule is Cc1ccc([N+](=O)[O-])cc1C(=O)NC(CC(=O)O)C1CC1. The second-order valence-electron chi connectivity index (χ2n) is 5.27. The van der Waals surface area contributed by atoms with Crippen LogP contribution in [0.5, 0.6) is 0 Å². The number of hydrogen-bond acceptors (Lipinski definition) is 4.